The number of aromatic nitrogens is 2. The van der Waals surface area contributed by atoms with E-state index in [0.29, 0.717) is 28.6 Å². The van der Waals surface area contributed by atoms with Crippen molar-refractivity contribution in [3.05, 3.63) is 54.5 Å². The van der Waals surface area contributed by atoms with E-state index in [-0.39, 0.29) is 5.91 Å². The zero-order valence-electron chi connectivity index (χ0n) is 15.1. The maximum atomic E-state index is 12.8. The maximum absolute atomic E-state index is 12.8. The van der Waals surface area contributed by atoms with Crippen LogP contribution in [0.5, 0.6) is 11.5 Å². The Morgan fingerprint density at radius 1 is 1.07 bits per heavy atom. The third kappa shape index (κ3) is 3.12. The van der Waals surface area contributed by atoms with Crippen LogP contribution in [-0.4, -0.2) is 30.3 Å². The second kappa shape index (κ2) is 6.75. The molecule has 1 amide bonds. The molecule has 0 aliphatic heterocycles. The predicted molar refractivity (Wildman–Crippen MR) is 98.8 cm³/mol. The van der Waals surface area contributed by atoms with Crippen molar-refractivity contribution in [2.75, 3.05) is 19.5 Å². The van der Waals surface area contributed by atoms with Crippen LogP contribution >= 0.6 is 0 Å². The summed E-state index contributed by atoms with van der Waals surface area (Å²) in [5.41, 5.74) is 1.52. The number of ether oxygens (including phenoxy) is 2. The van der Waals surface area contributed by atoms with Gasteiger partial charge in [0.05, 0.1) is 25.3 Å². The molecule has 7 heteroatoms. The smallest absolute Gasteiger partial charge is 0.236 e. The number of rotatable bonds is 6. The van der Waals surface area contributed by atoms with E-state index in [0.717, 1.165) is 18.4 Å². The number of nitrogens with zero attached hydrogens (tertiary/aromatic N) is 2. The summed E-state index contributed by atoms with van der Waals surface area (Å²) in [6.07, 6.45) is 4.75. The average Bonchev–Trinajstić information content (AvgIpc) is 3.38. The first-order chi connectivity index (χ1) is 13.2. The minimum Gasteiger partial charge on any atom is -0.493 e. The molecule has 1 aliphatic carbocycles. The van der Waals surface area contributed by atoms with Gasteiger partial charge in [0.25, 0.3) is 0 Å². The lowest BCUT2D eigenvalue weighted by Gasteiger charge is -2.12. The van der Waals surface area contributed by atoms with Crippen LogP contribution in [0.1, 0.15) is 18.5 Å². The number of carbonyl (C=O) groups is 1. The molecular weight excluding hydrogens is 346 g/mol. The lowest BCUT2D eigenvalue weighted by atomic mass is 10.00. The average molecular weight is 365 g/mol. The number of nitrogens with one attached hydrogen (secondary N) is 1. The van der Waals surface area contributed by atoms with Crippen molar-refractivity contribution in [1.82, 2.24) is 10.1 Å². The zero-order valence-corrected chi connectivity index (χ0v) is 15.1. The Labute approximate surface area is 156 Å². The minimum atomic E-state index is -0.637. The van der Waals surface area contributed by atoms with E-state index < -0.39 is 5.41 Å². The molecule has 0 unspecified atom stereocenters. The van der Waals surface area contributed by atoms with E-state index in [1.807, 2.05) is 18.2 Å². The van der Waals surface area contributed by atoms with Gasteiger partial charge in [0.1, 0.15) is 0 Å². The Balaban J connectivity index is 1.58. The van der Waals surface area contributed by atoms with Crippen LogP contribution in [0, 0.1) is 0 Å². The van der Waals surface area contributed by atoms with E-state index in [1.165, 1.54) is 0 Å². The SMILES string of the molecule is COc1ccc(-c2cc(C3(C(=O)Nc4ccncc4)CC3)no2)cc1OC. The van der Waals surface area contributed by atoms with Crippen LogP contribution in [0.2, 0.25) is 0 Å². The van der Waals surface area contributed by atoms with Gasteiger partial charge in [-0.15, -0.1) is 0 Å². The van der Waals surface area contributed by atoms with Gasteiger partial charge in [-0.25, -0.2) is 0 Å². The highest BCUT2D eigenvalue weighted by molar-refractivity contribution is 6.01. The fraction of sp³-hybridized carbons (Fsp3) is 0.250. The Kier molecular flexibility index (Phi) is 4.27. The number of hydrogen-bond donors (Lipinski definition) is 1. The third-order valence-corrected chi connectivity index (χ3v) is 4.79. The largest absolute Gasteiger partial charge is 0.493 e. The lowest BCUT2D eigenvalue weighted by Crippen LogP contribution is -2.28. The van der Waals surface area contributed by atoms with E-state index in [4.69, 9.17) is 14.0 Å². The van der Waals surface area contributed by atoms with Crippen molar-refractivity contribution in [1.29, 1.82) is 0 Å². The molecule has 0 spiro atoms. The summed E-state index contributed by atoms with van der Waals surface area (Å²) in [6, 6.07) is 10.8. The van der Waals surface area contributed by atoms with Gasteiger partial charge < -0.3 is 19.3 Å². The number of methoxy groups -OCH3 is 2. The molecular formula is C20H19N3O4. The highest BCUT2D eigenvalue weighted by Gasteiger charge is 2.53. The quantitative estimate of drug-likeness (QED) is 0.720. The molecule has 2 aromatic heterocycles. The van der Waals surface area contributed by atoms with Crippen molar-refractivity contribution in [3.8, 4) is 22.8 Å². The molecule has 0 radical (unpaired) electrons. The summed E-state index contributed by atoms with van der Waals surface area (Å²) < 4.78 is 16.1. The second-order valence-corrected chi connectivity index (χ2v) is 6.42. The van der Waals surface area contributed by atoms with Gasteiger partial charge in [-0.1, -0.05) is 5.16 Å². The van der Waals surface area contributed by atoms with Gasteiger partial charge in [0.15, 0.2) is 17.3 Å². The first kappa shape index (κ1) is 17.1. The molecule has 0 atom stereocenters. The number of hydrogen-bond acceptors (Lipinski definition) is 6. The molecule has 1 aromatic carbocycles. The Bertz CT molecular complexity index is 964. The van der Waals surface area contributed by atoms with Crippen LogP contribution in [0.25, 0.3) is 11.3 Å². The van der Waals surface area contributed by atoms with Crippen LogP contribution in [-0.2, 0) is 10.2 Å². The summed E-state index contributed by atoms with van der Waals surface area (Å²) in [5, 5.41) is 7.10. The molecule has 1 aliphatic rings. The van der Waals surface area contributed by atoms with Crippen molar-refractivity contribution >= 4 is 11.6 Å². The van der Waals surface area contributed by atoms with Crippen molar-refractivity contribution in [2.24, 2.45) is 0 Å². The number of amides is 1. The minimum absolute atomic E-state index is 0.0825. The van der Waals surface area contributed by atoms with Crippen molar-refractivity contribution in [3.63, 3.8) is 0 Å². The number of pyridine rings is 1. The van der Waals surface area contributed by atoms with Crippen LogP contribution < -0.4 is 14.8 Å². The van der Waals surface area contributed by atoms with Gasteiger partial charge in [0, 0.05) is 29.7 Å². The monoisotopic (exact) mass is 365 g/mol. The van der Waals surface area contributed by atoms with Gasteiger partial charge in [0.2, 0.25) is 5.91 Å². The lowest BCUT2D eigenvalue weighted by molar-refractivity contribution is -0.118. The number of carbonyl (C=O) groups excluding carboxylic acids is 1. The molecule has 1 N–H and O–H groups in total. The molecule has 3 aromatic rings. The molecule has 7 nitrogen and oxygen atoms in total. The number of anilines is 1. The highest BCUT2D eigenvalue weighted by atomic mass is 16.5. The fourth-order valence-corrected chi connectivity index (χ4v) is 3.04. The molecule has 4 rings (SSSR count). The molecule has 1 saturated carbocycles. The summed E-state index contributed by atoms with van der Waals surface area (Å²) in [5.74, 6) is 1.73. The summed E-state index contributed by atoms with van der Waals surface area (Å²) in [7, 11) is 3.17. The first-order valence-corrected chi connectivity index (χ1v) is 8.57. The Morgan fingerprint density at radius 3 is 2.48 bits per heavy atom. The van der Waals surface area contributed by atoms with Gasteiger partial charge in [-0.3, -0.25) is 9.78 Å². The topological polar surface area (TPSA) is 86.5 Å². The van der Waals surface area contributed by atoms with Crippen LogP contribution in [0.4, 0.5) is 5.69 Å². The van der Waals surface area contributed by atoms with Crippen LogP contribution in [0.3, 0.4) is 0 Å². The Morgan fingerprint density at radius 2 is 1.81 bits per heavy atom. The fourth-order valence-electron chi connectivity index (χ4n) is 3.04. The number of benzene rings is 1. The van der Waals surface area contributed by atoms with Gasteiger partial charge in [-0.2, -0.15) is 0 Å². The molecule has 27 heavy (non-hydrogen) atoms. The van der Waals surface area contributed by atoms with Gasteiger partial charge >= 0.3 is 0 Å². The van der Waals surface area contributed by atoms with Crippen molar-refractivity contribution < 1.29 is 18.8 Å². The van der Waals surface area contributed by atoms with E-state index in [2.05, 4.69) is 15.5 Å². The standard InChI is InChI=1S/C20H19N3O4/c1-25-15-4-3-13(11-17(15)26-2)16-12-18(23-27-16)20(7-8-20)19(24)22-14-5-9-21-10-6-14/h3-6,9-12H,7-8H2,1-2H3,(H,21,22,24). The van der Waals surface area contributed by atoms with E-state index in [9.17, 15) is 4.79 Å². The highest BCUT2D eigenvalue weighted by Crippen LogP contribution is 2.49. The van der Waals surface area contributed by atoms with Gasteiger partial charge in [-0.05, 0) is 43.2 Å². The maximum Gasteiger partial charge on any atom is 0.236 e. The summed E-state index contributed by atoms with van der Waals surface area (Å²) >= 11 is 0. The molecule has 138 valence electrons. The molecule has 0 saturated heterocycles. The van der Waals surface area contributed by atoms with E-state index >= 15 is 0 Å². The molecule has 0 bridgehead atoms. The summed E-state index contributed by atoms with van der Waals surface area (Å²) in [6.45, 7) is 0. The van der Waals surface area contributed by atoms with Crippen molar-refractivity contribution in [2.45, 2.75) is 18.3 Å². The third-order valence-electron chi connectivity index (χ3n) is 4.79. The van der Waals surface area contributed by atoms with Crippen LogP contribution in [0.15, 0.2) is 53.3 Å². The normalized spacial score (nSPS) is 14.4. The molecule has 2 heterocycles. The predicted octanol–water partition coefficient (Wildman–Crippen LogP) is 3.42. The van der Waals surface area contributed by atoms with E-state index in [1.54, 1.807) is 44.8 Å². The summed E-state index contributed by atoms with van der Waals surface area (Å²) in [4.78, 5) is 16.7. The zero-order chi connectivity index (χ0) is 18.9. The Hall–Kier alpha value is -3.35. The molecule has 1 fully saturated rings. The second-order valence-electron chi connectivity index (χ2n) is 6.42. The first-order valence-electron chi connectivity index (χ1n) is 8.57.